The van der Waals surface area contributed by atoms with Crippen LogP contribution in [0.25, 0.3) is 22.3 Å². The van der Waals surface area contributed by atoms with Crippen LogP contribution in [0.1, 0.15) is 57.3 Å². The van der Waals surface area contributed by atoms with Gasteiger partial charge in [-0.25, -0.2) is 8.78 Å². The minimum Gasteiger partial charge on any atom is -0.500 e. The number of unbranched alkanes of at least 4 members (excludes halogenated alkanes) is 4. The predicted octanol–water partition coefficient (Wildman–Crippen LogP) is 7.96. The second-order valence-corrected chi connectivity index (χ2v) is 9.43. The maximum absolute atomic E-state index is 15.0. The summed E-state index contributed by atoms with van der Waals surface area (Å²) in [5.41, 5.74) is 2.36. The van der Waals surface area contributed by atoms with E-state index in [1.165, 1.54) is 50.3 Å². The van der Waals surface area contributed by atoms with Gasteiger partial charge in [0.25, 0.3) is 0 Å². The molecule has 3 aromatic rings. The fourth-order valence-electron chi connectivity index (χ4n) is 4.62. The van der Waals surface area contributed by atoms with Crippen LogP contribution < -0.4 is 4.74 Å². The Morgan fingerprint density at radius 1 is 0.811 bits per heavy atom. The summed E-state index contributed by atoms with van der Waals surface area (Å²) < 4.78 is 60.3. The summed E-state index contributed by atoms with van der Waals surface area (Å²) in [5, 5.41) is 0. The molecule has 0 saturated carbocycles. The fourth-order valence-corrected chi connectivity index (χ4v) is 4.62. The molecule has 1 fully saturated rings. The molecule has 3 aromatic carbocycles. The van der Waals surface area contributed by atoms with Gasteiger partial charge in [0.1, 0.15) is 13.7 Å². The van der Waals surface area contributed by atoms with Crippen molar-refractivity contribution in [3.63, 3.8) is 0 Å². The first-order valence-electron chi connectivity index (χ1n) is 13.0. The molecule has 1 aliphatic rings. The highest BCUT2D eigenvalue weighted by atomic mass is 19.2. The minimum atomic E-state index is -1.09. The monoisotopic (exact) mass is 508 g/mol. The molecule has 194 valence electrons. The minimum absolute atomic E-state index is 0.0980. The molecule has 1 heterocycles. The van der Waals surface area contributed by atoms with Crippen LogP contribution in [0.4, 0.5) is 13.2 Å². The van der Waals surface area contributed by atoms with E-state index in [0.29, 0.717) is 35.8 Å². The second-order valence-electron chi connectivity index (χ2n) is 9.43. The smallest absolute Gasteiger partial charge is 0.201 e. The number of hydrogen-bond donors (Lipinski definition) is 0. The first-order valence-corrected chi connectivity index (χ1v) is 13.0. The average Bonchev–Trinajstić information content (AvgIpc) is 2.92. The lowest BCUT2D eigenvalue weighted by atomic mass is 9.98. The molecule has 3 nitrogen and oxygen atoms in total. The van der Waals surface area contributed by atoms with Gasteiger partial charge >= 0.3 is 0 Å². The van der Waals surface area contributed by atoms with Gasteiger partial charge < -0.3 is 14.2 Å². The molecule has 0 aliphatic carbocycles. The van der Waals surface area contributed by atoms with Crippen molar-refractivity contribution >= 4 is 7.85 Å². The van der Waals surface area contributed by atoms with Crippen LogP contribution in [0.15, 0.2) is 54.6 Å². The lowest BCUT2D eigenvalue weighted by Gasteiger charge is -2.30. The second kappa shape index (κ2) is 13.2. The molecule has 0 N–H and O–H groups in total. The van der Waals surface area contributed by atoms with E-state index in [-0.39, 0.29) is 17.8 Å². The molecule has 0 amide bonds. The molecule has 37 heavy (non-hydrogen) atoms. The van der Waals surface area contributed by atoms with Crippen molar-refractivity contribution in [1.82, 2.24) is 0 Å². The van der Waals surface area contributed by atoms with Crippen LogP contribution in [0.2, 0.25) is 0 Å². The molecular formula is C30H32BF3O3. The molecule has 0 aromatic heterocycles. The normalized spacial score (nSPS) is 17.6. The van der Waals surface area contributed by atoms with Crippen LogP contribution in [-0.2, 0) is 9.47 Å². The van der Waals surface area contributed by atoms with Gasteiger partial charge in [-0.1, -0.05) is 75.4 Å². The molecule has 7 heteroatoms. The van der Waals surface area contributed by atoms with Crippen LogP contribution in [0, 0.1) is 23.4 Å². The van der Waals surface area contributed by atoms with Crippen molar-refractivity contribution in [2.45, 2.75) is 51.7 Å². The number of rotatable bonds is 11. The van der Waals surface area contributed by atoms with Gasteiger partial charge in [-0.05, 0) is 41.3 Å². The molecule has 0 atom stereocenters. The Labute approximate surface area is 218 Å². The topological polar surface area (TPSA) is 27.7 Å². The van der Waals surface area contributed by atoms with Gasteiger partial charge in [0.15, 0.2) is 17.9 Å². The van der Waals surface area contributed by atoms with E-state index in [9.17, 15) is 8.78 Å². The summed E-state index contributed by atoms with van der Waals surface area (Å²) in [4.78, 5) is 0. The van der Waals surface area contributed by atoms with Crippen LogP contribution in [0.5, 0.6) is 5.75 Å². The summed E-state index contributed by atoms with van der Waals surface area (Å²) in [5.74, 6) is -2.40. The van der Waals surface area contributed by atoms with E-state index in [1.807, 2.05) is 0 Å². The summed E-state index contributed by atoms with van der Waals surface area (Å²) in [6, 6.07) is 14.5. The van der Waals surface area contributed by atoms with E-state index in [4.69, 9.17) is 22.1 Å². The third-order valence-corrected chi connectivity index (χ3v) is 6.75. The van der Waals surface area contributed by atoms with Gasteiger partial charge in [0, 0.05) is 23.6 Å². The van der Waals surface area contributed by atoms with Crippen molar-refractivity contribution in [2.24, 2.45) is 5.92 Å². The number of benzene rings is 3. The van der Waals surface area contributed by atoms with E-state index in [1.54, 1.807) is 36.4 Å². The highest BCUT2D eigenvalue weighted by molar-refractivity contribution is 6.08. The molecule has 4 rings (SSSR count). The van der Waals surface area contributed by atoms with Gasteiger partial charge in [-0.15, -0.1) is 0 Å². The Morgan fingerprint density at radius 3 is 2.16 bits per heavy atom. The quantitative estimate of drug-likeness (QED) is 0.194. The lowest BCUT2D eigenvalue weighted by Crippen LogP contribution is -2.27. The van der Waals surface area contributed by atoms with Crippen molar-refractivity contribution in [3.8, 4) is 28.0 Å². The summed E-state index contributed by atoms with van der Waals surface area (Å²) in [7, 11) is 5.24. The summed E-state index contributed by atoms with van der Waals surface area (Å²) in [6.45, 7) is 3.09. The molecule has 1 aliphatic heterocycles. The fraction of sp³-hybridized carbons (Fsp3) is 0.400. The highest BCUT2D eigenvalue weighted by Crippen LogP contribution is 2.34. The molecule has 1 saturated heterocycles. The first-order chi connectivity index (χ1) is 18.0. The molecule has 0 bridgehead atoms. The lowest BCUT2D eigenvalue weighted by molar-refractivity contribution is -0.207. The number of hydrogen-bond acceptors (Lipinski definition) is 3. The van der Waals surface area contributed by atoms with Gasteiger partial charge in [0.2, 0.25) is 5.82 Å². The van der Waals surface area contributed by atoms with Crippen molar-refractivity contribution in [3.05, 3.63) is 77.6 Å². The Balaban J connectivity index is 1.38. The third-order valence-electron chi connectivity index (χ3n) is 6.75. The molecule has 0 unspecified atom stereocenters. The zero-order valence-corrected chi connectivity index (χ0v) is 21.2. The van der Waals surface area contributed by atoms with Gasteiger partial charge in [0.05, 0.1) is 13.2 Å². The maximum atomic E-state index is 15.0. The Bertz CT molecular complexity index is 1160. The van der Waals surface area contributed by atoms with E-state index in [2.05, 4.69) is 6.92 Å². The first kappa shape index (κ1) is 27.3. The number of ether oxygens (including phenoxy) is 3. The zero-order chi connectivity index (χ0) is 26.2. The van der Waals surface area contributed by atoms with Gasteiger partial charge in [-0.2, -0.15) is 4.39 Å². The van der Waals surface area contributed by atoms with Crippen LogP contribution in [-0.4, -0.2) is 27.6 Å². The standard InChI is InChI=1S/C30H32BF3O3/c1-2-3-4-5-6-7-20-17-35-30(36-18-20)25-13-12-23(16-26(25)32)21-8-10-22(11-9-21)24-14-15-27(37-19-31)29(34)28(24)33/h8-16,20,30H,2-7,17-19H2,1H3. The van der Waals surface area contributed by atoms with Crippen LogP contribution in [0.3, 0.4) is 0 Å². The van der Waals surface area contributed by atoms with E-state index in [0.717, 1.165) is 12.0 Å². The number of halogens is 3. The Morgan fingerprint density at radius 2 is 1.49 bits per heavy atom. The SMILES string of the molecule is [B]COc1ccc(-c2ccc(-c3ccc(C4OCC(CCCCCCC)CO4)c(F)c3)cc2)c(F)c1F. The third kappa shape index (κ3) is 6.76. The summed E-state index contributed by atoms with van der Waals surface area (Å²) in [6.07, 6.45) is 6.52. The van der Waals surface area contributed by atoms with Crippen molar-refractivity contribution < 1.29 is 27.4 Å². The summed E-state index contributed by atoms with van der Waals surface area (Å²) >= 11 is 0. The molecule has 0 spiro atoms. The highest BCUT2D eigenvalue weighted by Gasteiger charge is 2.25. The predicted molar refractivity (Wildman–Crippen MR) is 140 cm³/mol. The average molecular weight is 508 g/mol. The maximum Gasteiger partial charge on any atom is 0.201 e. The van der Waals surface area contributed by atoms with Crippen LogP contribution >= 0.6 is 0 Å². The van der Waals surface area contributed by atoms with E-state index < -0.39 is 23.7 Å². The Kier molecular flexibility index (Phi) is 9.70. The van der Waals surface area contributed by atoms with Gasteiger partial charge in [-0.3, -0.25) is 0 Å². The van der Waals surface area contributed by atoms with E-state index >= 15 is 4.39 Å². The largest absolute Gasteiger partial charge is 0.500 e. The zero-order valence-electron chi connectivity index (χ0n) is 21.2. The van der Waals surface area contributed by atoms with Crippen molar-refractivity contribution in [1.29, 1.82) is 0 Å². The van der Waals surface area contributed by atoms with Crippen molar-refractivity contribution in [2.75, 3.05) is 19.7 Å². The Hall–Kier alpha value is -2.77. The molecular weight excluding hydrogens is 476 g/mol. The molecule has 2 radical (unpaired) electrons.